The van der Waals surface area contributed by atoms with Gasteiger partial charge in [-0.05, 0) is 26.0 Å². The maximum atomic E-state index is 12.8. The molecule has 0 saturated heterocycles. The van der Waals surface area contributed by atoms with Gasteiger partial charge in [0.15, 0.2) is 6.10 Å². The van der Waals surface area contributed by atoms with Crippen molar-refractivity contribution >= 4 is 5.69 Å². The van der Waals surface area contributed by atoms with Crippen LogP contribution < -0.4 is 10.1 Å². The van der Waals surface area contributed by atoms with Crippen molar-refractivity contribution in [3.8, 4) is 17.6 Å². The van der Waals surface area contributed by atoms with E-state index in [-0.39, 0.29) is 0 Å². The summed E-state index contributed by atoms with van der Waals surface area (Å²) in [6.45, 7) is 2.76. The number of nitrogens with one attached hydrogen (secondary N) is 1. The number of hydrogen-bond donors (Lipinski definition) is 1. The lowest BCUT2D eigenvalue weighted by atomic mass is 9.93. The Balaban J connectivity index is 2.17. The molecule has 1 N–H and O–H groups in total. The maximum absolute atomic E-state index is 12.8. The smallest absolute Gasteiger partial charge is 0.404 e. The summed E-state index contributed by atoms with van der Waals surface area (Å²) in [7, 11) is 0. The van der Waals surface area contributed by atoms with Gasteiger partial charge < -0.3 is 10.1 Å². The van der Waals surface area contributed by atoms with Gasteiger partial charge in [-0.3, -0.25) is 0 Å². The molecule has 1 aliphatic heterocycles. The number of halogens is 3. The van der Waals surface area contributed by atoms with Gasteiger partial charge in [0, 0.05) is 13.0 Å². The van der Waals surface area contributed by atoms with Crippen molar-refractivity contribution in [3.05, 3.63) is 24.3 Å². The summed E-state index contributed by atoms with van der Waals surface area (Å²) in [6.07, 6.45) is -4.34. The van der Waals surface area contributed by atoms with Crippen molar-refractivity contribution in [2.45, 2.75) is 32.5 Å². The second-order valence-corrected chi connectivity index (χ2v) is 5.21. The highest BCUT2D eigenvalue weighted by Gasteiger charge is 2.46. The molecule has 0 amide bonds. The highest BCUT2D eigenvalue weighted by atomic mass is 19.4. The molecular weight excluding hydrogens is 267 g/mol. The molecule has 1 heterocycles. The first kappa shape index (κ1) is 14.6. The molecule has 1 unspecified atom stereocenters. The van der Waals surface area contributed by atoms with Gasteiger partial charge >= 0.3 is 6.18 Å². The van der Waals surface area contributed by atoms with Crippen LogP contribution in [0.4, 0.5) is 18.9 Å². The summed E-state index contributed by atoms with van der Waals surface area (Å²) in [4.78, 5) is 0. The Hall–Kier alpha value is -1.83. The molecule has 0 fully saturated rings. The molecule has 1 aliphatic rings. The molecule has 0 spiro atoms. The molecule has 0 radical (unpaired) electrons. The molecule has 1 aromatic carbocycles. The predicted molar refractivity (Wildman–Crippen MR) is 71.6 cm³/mol. The van der Waals surface area contributed by atoms with Crippen molar-refractivity contribution in [1.29, 1.82) is 0 Å². The first-order valence-corrected chi connectivity index (χ1v) is 6.38. The average Bonchev–Trinajstić information content (AvgIpc) is 2.56. The molecule has 0 saturated carbocycles. The van der Waals surface area contributed by atoms with Gasteiger partial charge in [0.1, 0.15) is 11.2 Å². The van der Waals surface area contributed by atoms with Crippen LogP contribution in [0.1, 0.15) is 20.3 Å². The van der Waals surface area contributed by atoms with Crippen LogP contribution in [0.5, 0.6) is 5.75 Å². The minimum absolute atomic E-state index is 0.534. The number of hydrogen-bond acceptors (Lipinski definition) is 2. The van der Waals surface area contributed by atoms with E-state index in [1.165, 1.54) is 0 Å². The quantitative estimate of drug-likeness (QED) is 0.730. The largest absolute Gasteiger partial charge is 0.476 e. The highest BCUT2D eigenvalue weighted by molar-refractivity contribution is 5.57. The van der Waals surface area contributed by atoms with Gasteiger partial charge in [-0.15, -0.1) is 0 Å². The Bertz CT molecular complexity index is 540. The molecule has 20 heavy (non-hydrogen) atoms. The normalized spacial score (nSPS) is 18.8. The number of para-hydroxylation sites is 2. The molecule has 0 aromatic heterocycles. The van der Waals surface area contributed by atoms with Gasteiger partial charge in [0.2, 0.25) is 0 Å². The van der Waals surface area contributed by atoms with E-state index in [4.69, 9.17) is 4.74 Å². The molecule has 1 aromatic rings. The molecule has 2 rings (SSSR count). The fraction of sp³-hybridized carbons (Fsp3) is 0.467. The van der Waals surface area contributed by atoms with Crippen molar-refractivity contribution in [2.24, 2.45) is 5.41 Å². The number of benzene rings is 1. The Morgan fingerprint density at radius 3 is 2.65 bits per heavy atom. The number of rotatable bonds is 0. The second-order valence-electron chi connectivity index (χ2n) is 5.21. The SMILES string of the molecule is CC(C)(C#CC1CCNc2ccccc2O1)C(F)(F)F. The average molecular weight is 283 g/mol. The zero-order chi connectivity index (χ0) is 14.8. The summed E-state index contributed by atoms with van der Waals surface area (Å²) in [5.41, 5.74) is -1.19. The van der Waals surface area contributed by atoms with Gasteiger partial charge in [0.05, 0.1) is 5.69 Å². The van der Waals surface area contributed by atoms with Crippen LogP contribution in [-0.2, 0) is 0 Å². The van der Waals surface area contributed by atoms with E-state index in [0.717, 1.165) is 19.5 Å². The number of fused-ring (bicyclic) bond motifs is 1. The molecule has 2 nitrogen and oxygen atoms in total. The van der Waals surface area contributed by atoms with Crippen molar-refractivity contribution in [3.63, 3.8) is 0 Å². The van der Waals surface area contributed by atoms with E-state index in [1.54, 1.807) is 6.07 Å². The summed E-state index contributed by atoms with van der Waals surface area (Å²) < 4.78 is 43.9. The van der Waals surface area contributed by atoms with Crippen molar-refractivity contribution < 1.29 is 17.9 Å². The fourth-order valence-electron chi connectivity index (χ4n) is 1.70. The van der Waals surface area contributed by atoms with Crippen molar-refractivity contribution in [2.75, 3.05) is 11.9 Å². The lowest BCUT2D eigenvalue weighted by molar-refractivity contribution is -0.190. The van der Waals surface area contributed by atoms with Crippen molar-refractivity contribution in [1.82, 2.24) is 0 Å². The van der Waals surface area contributed by atoms with E-state index >= 15 is 0 Å². The fourth-order valence-corrected chi connectivity index (χ4v) is 1.70. The summed E-state index contributed by atoms with van der Waals surface area (Å²) in [5.74, 6) is 5.54. The Labute approximate surface area is 116 Å². The van der Waals surface area contributed by atoms with Gasteiger partial charge in [-0.2, -0.15) is 13.2 Å². The van der Waals surface area contributed by atoms with Crippen LogP contribution in [0.3, 0.4) is 0 Å². The zero-order valence-corrected chi connectivity index (χ0v) is 11.3. The Morgan fingerprint density at radius 1 is 1.25 bits per heavy atom. The van der Waals surface area contributed by atoms with E-state index in [1.807, 2.05) is 18.2 Å². The number of ether oxygens (including phenoxy) is 1. The lowest BCUT2D eigenvalue weighted by Crippen LogP contribution is -2.31. The zero-order valence-electron chi connectivity index (χ0n) is 11.3. The summed E-state index contributed by atoms with van der Waals surface area (Å²) in [6, 6.07) is 7.33. The summed E-state index contributed by atoms with van der Waals surface area (Å²) >= 11 is 0. The summed E-state index contributed by atoms with van der Waals surface area (Å²) in [5, 5.41) is 3.17. The standard InChI is InChI=1S/C15H16F3NO/c1-14(2,15(16,17)18)9-7-11-8-10-19-12-5-3-4-6-13(12)20-11/h3-6,11,19H,8,10H2,1-2H3. The molecule has 0 aliphatic carbocycles. The van der Waals surface area contributed by atoms with Crippen LogP contribution in [-0.4, -0.2) is 18.8 Å². The minimum Gasteiger partial charge on any atom is -0.476 e. The molecule has 5 heteroatoms. The van der Waals surface area contributed by atoms with Crippen LogP contribution in [0.2, 0.25) is 0 Å². The van der Waals surface area contributed by atoms with Gasteiger partial charge in [-0.25, -0.2) is 0 Å². The first-order chi connectivity index (χ1) is 9.29. The monoisotopic (exact) mass is 283 g/mol. The maximum Gasteiger partial charge on any atom is 0.404 e. The predicted octanol–water partition coefficient (Wildman–Crippen LogP) is 3.84. The Kier molecular flexibility index (Phi) is 3.85. The minimum atomic E-state index is -4.35. The topological polar surface area (TPSA) is 21.3 Å². The molecule has 1 atom stereocenters. The highest BCUT2D eigenvalue weighted by Crippen LogP contribution is 2.36. The molecule has 108 valence electrons. The van der Waals surface area contributed by atoms with E-state index < -0.39 is 17.7 Å². The third kappa shape index (κ3) is 3.19. The van der Waals surface area contributed by atoms with Crippen LogP contribution in [0.25, 0.3) is 0 Å². The van der Waals surface area contributed by atoms with Crippen LogP contribution in [0, 0.1) is 17.3 Å². The van der Waals surface area contributed by atoms with Gasteiger partial charge in [-0.1, -0.05) is 24.0 Å². The third-order valence-electron chi connectivity index (χ3n) is 3.13. The van der Waals surface area contributed by atoms with E-state index in [9.17, 15) is 13.2 Å². The lowest BCUT2D eigenvalue weighted by Gasteiger charge is -2.21. The molecular formula is C15H16F3NO. The van der Waals surface area contributed by atoms with Crippen LogP contribution >= 0.6 is 0 Å². The first-order valence-electron chi connectivity index (χ1n) is 6.38. The molecule has 0 bridgehead atoms. The van der Waals surface area contributed by atoms with E-state index in [2.05, 4.69) is 17.2 Å². The third-order valence-corrected chi connectivity index (χ3v) is 3.13. The van der Waals surface area contributed by atoms with Gasteiger partial charge in [0.25, 0.3) is 0 Å². The van der Waals surface area contributed by atoms with Crippen LogP contribution in [0.15, 0.2) is 24.3 Å². The number of alkyl halides is 3. The number of anilines is 1. The Morgan fingerprint density at radius 2 is 1.95 bits per heavy atom. The second kappa shape index (κ2) is 5.28. The van der Waals surface area contributed by atoms with E-state index in [0.29, 0.717) is 18.7 Å².